The molecule has 4 atom stereocenters. The summed E-state index contributed by atoms with van der Waals surface area (Å²) in [4.78, 5) is 27.8. The molecule has 0 saturated carbocycles. The largest absolute Gasteiger partial charge is 0.396 e. The Hall–Kier alpha value is -2.72. The first kappa shape index (κ1) is 17.7. The number of carbonyl (C=O) groups is 2. The molecule has 0 unspecified atom stereocenters. The van der Waals surface area contributed by atoms with E-state index in [0.29, 0.717) is 6.42 Å². The third kappa shape index (κ3) is 3.10. The van der Waals surface area contributed by atoms with Gasteiger partial charge in [0.2, 0.25) is 11.8 Å². The number of nitrogens with zero attached hydrogens (tertiary/aromatic N) is 1. The number of allylic oxidation sites excluding steroid dienone is 2. The molecule has 2 aliphatic rings. The normalized spacial score (nSPS) is 27.1. The van der Waals surface area contributed by atoms with E-state index in [1.54, 1.807) is 0 Å². The second-order valence-electron chi connectivity index (χ2n) is 7.21. The molecule has 138 valence electrons. The maximum atomic E-state index is 13.2. The van der Waals surface area contributed by atoms with Crippen LogP contribution in [0.3, 0.4) is 0 Å². The van der Waals surface area contributed by atoms with Crippen molar-refractivity contribution in [3.8, 4) is 0 Å². The lowest BCUT2D eigenvalue weighted by Gasteiger charge is -2.32. The summed E-state index contributed by atoms with van der Waals surface area (Å²) >= 11 is 0. The van der Waals surface area contributed by atoms with Crippen LogP contribution >= 0.6 is 0 Å². The molecule has 4 nitrogen and oxygen atoms in total. The third-order valence-electron chi connectivity index (χ3n) is 5.70. The molecule has 1 fully saturated rings. The summed E-state index contributed by atoms with van der Waals surface area (Å²) in [5.74, 6) is -1.23. The van der Waals surface area contributed by atoms with Gasteiger partial charge in [0.1, 0.15) is 0 Å². The fourth-order valence-corrected chi connectivity index (χ4v) is 4.45. The summed E-state index contributed by atoms with van der Waals surface area (Å²) < 4.78 is 0. The van der Waals surface area contributed by atoms with Crippen molar-refractivity contribution < 1.29 is 14.7 Å². The number of hydrogen-bond donors (Lipinski definition) is 1. The summed E-state index contributed by atoms with van der Waals surface area (Å²) in [5.41, 5.74) is 2.11. The standard InChI is InChI=1S/C23H23NO3/c25-15-7-14-24-22(26)20-18(16-8-3-1-4-9-16)12-13-19(21(20)23(24)27)17-10-5-2-6-11-17/h1-6,8-13,18-21,25H,7,14-15H2/t18-,19-,20+,21+/m0/s1. The van der Waals surface area contributed by atoms with E-state index in [0.717, 1.165) is 11.1 Å². The zero-order valence-corrected chi connectivity index (χ0v) is 15.1. The Balaban J connectivity index is 1.77. The van der Waals surface area contributed by atoms with Crippen molar-refractivity contribution in [3.63, 3.8) is 0 Å². The van der Waals surface area contributed by atoms with Crippen LogP contribution in [0.2, 0.25) is 0 Å². The number of carbonyl (C=O) groups excluding carboxylic acids is 2. The zero-order valence-electron chi connectivity index (χ0n) is 15.1. The van der Waals surface area contributed by atoms with Crippen LogP contribution in [0.15, 0.2) is 72.8 Å². The maximum absolute atomic E-state index is 13.2. The topological polar surface area (TPSA) is 57.6 Å². The van der Waals surface area contributed by atoms with Gasteiger partial charge in [-0.15, -0.1) is 0 Å². The minimum atomic E-state index is -0.395. The number of benzene rings is 2. The lowest BCUT2D eigenvalue weighted by Crippen LogP contribution is -2.33. The van der Waals surface area contributed by atoms with E-state index in [2.05, 4.69) is 12.2 Å². The van der Waals surface area contributed by atoms with Crippen LogP contribution < -0.4 is 0 Å². The van der Waals surface area contributed by atoms with E-state index in [4.69, 9.17) is 5.11 Å². The number of hydrogen-bond acceptors (Lipinski definition) is 3. The summed E-state index contributed by atoms with van der Waals surface area (Å²) in [6, 6.07) is 19.8. The third-order valence-corrected chi connectivity index (χ3v) is 5.70. The van der Waals surface area contributed by atoms with E-state index >= 15 is 0 Å². The van der Waals surface area contributed by atoms with Crippen LogP contribution in [0.4, 0.5) is 0 Å². The molecule has 4 heteroatoms. The SMILES string of the molecule is O=C1[C@H]2[C@H](C(=O)N1CCCO)[C@H](c1ccccc1)C=C[C@H]2c1ccccc1. The number of amides is 2. The fourth-order valence-electron chi connectivity index (χ4n) is 4.45. The predicted octanol–water partition coefficient (Wildman–Crippen LogP) is 3.11. The number of aliphatic hydroxyl groups is 1. The average Bonchev–Trinajstić information content (AvgIpc) is 2.98. The van der Waals surface area contributed by atoms with Gasteiger partial charge in [0.25, 0.3) is 0 Å². The van der Waals surface area contributed by atoms with Crippen LogP contribution in [0, 0.1) is 11.8 Å². The van der Waals surface area contributed by atoms with Gasteiger partial charge in [0, 0.05) is 25.0 Å². The van der Waals surface area contributed by atoms with Gasteiger partial charge in [0.15, 0.2) is 0 Å². The number of fused-ring (bicyclic) bond motifs is 1. The van der Waals surface area contributed by atoms with Gasteiger partial charge in [-0.2, -0.15) is 0 Å². The number of imide groups is 1. The highest BCUT2D eigenvalue weighted by Gasteiger charge is 2.54. The van der Waals surface area contributed by atoms with E-state index < -0.39 is 11.8 Å². The Morgan fingerprint density at radius 1 is 0.741 bits per heavy atom. The van der Waals surface area contributed by atoms with Gasteiger partial charge in [-0.3, -0.25) is 14.5 Å². The minimum absolute atomic E-state index is 0.0329. The van der Waals surface area contributed by atoms with Crippen LogP contribution in [0.1, 0.15) is 29.4 Å². The van der Waals surface area contributed by atoms with Crippen molar-refractivity contribution in [2.75, 3.05) is 13.2 Å². The highest BCUT2D eigenvalue weighted by molar-refractivity contribution is 6.06. The molecule has 1 N–H and O–H groups in total. The number of aliphatic hydroxyl groups excluding tert-OH is 1. The molecule has 1 heterocycles. The quantitative estimate of drug-likeness (QED) is 0.658. The Kier molecular flexibility index (Phi) is 4.90. The van der Waals surface area contributed by atoms with E-state index in [-0.39, 0.29) is 36.8 Å². The molecule has 1 aliphatic heterocycles. The molecule has 0 spiro atoms. The van der Waals surface area contributed by atoms with Crippen molar-refractivity contribution in [1.29, 1.82) is 0 Å². The molecule has 0 bridgehead atoms. The zero-order chi connectivity index (χ0) is 18.8. The Bertz CT molecular complexity index is 779. The first-order valence-electron chi connectivity index (χ1n) is 9.46. The molecule has 1 saturated heterocycles. The minimum Gasteiger partial charge on any atom is -0.396 e. The van der Waals surface area contributed by atoms with Crippen molar-refractivity contribution in [1.82, 2.24) is 4.90 Å². The van der Waals surface area contributed by atoms with E-state index in [9.17, 15) is 9.59 Å². The predicted molar refractivity (Wildman–Crippen MR) is 103 cm³/mol. The molecular formula is C23H23NO3. The van der Waals surface area contributed by atoms with Gasteiger partial charge < -0.3 is 5.11 Å². The van der Waals surface area contributed by atoms with Gasteiger partial charge in [-0.1, -0.05) is 72.8 Å². The van der Waals surface area contributed by atoms with Crippen molar-refractivity contribution >= 4 is 11.8 Å². The second-order valence-corrected chi connectivity index (χ2v) is 7.21. The summed E-state index contributed by atoms with van der Waals surface area (Å²) in [5, 5.41) is 9.16. The smallest absolute Gasteiger partial charge is 0.234 e. The highest BCUT2D eigenvalue weighted by atomic mass is 16.3. The van der Waals surface area contributed by atoms with Gasteiger partial charge in [0.05, 0.1) is 11.8 Å². The summed E-state index contributed by atoms with van der Waals surface area (Å²) in [6.45, 7) is 0.249. The lowest BCUT2D eigenvalue weighted by molar-refractivity contribution is -0.140. The maximum Gasteiger partial charge on any atom is 0.234 e. The molecule has 4 rings (SSSR count). The van der Waals surface area contributed by atoms with E-state index in [1.807, 2.05) is 60.7 Å². The van der Waals surface area contributed by atoms with Crippen molar-refractivity contribution in [2.24, 2.45) is 11.8 Å². The van der Waals surface area contributed by atoms with Crippen molar-refractivity contribution in [3.05, 3.63) is 83.9 Å². The second kappa shape index (κ2) is 7.49. The Morgan fingerprint density at radius 3 is 1.59 bits per heavy atom. The highest BCUT2D eigenvalue weighted by Crippen LogP contribution is 2.49. The molecule has 27 heavy (non-hydrogen) atoms. The van der Waals surface area contributed by atoms with Crippen molar-refractivity contribution in [2.45, 2.75) is 18.3 Å². The van der Waals surface area contributed by atoms with Gasteiger partial charge in [-0.25, -0.2) is 0 Å². The first-order valence-corrected chi connectivity index (χ1v) is 9.46. The average molecular weight is 361 g/mol. The van der Waals surface area contributed by atoms with Crippen LogP contribution in [0.25, 0.3) is 0 Å². The Labute approximate surface area is 159 Å². The summed E-state index contributed by atoms with van der Waals surface area (Å²) in [6.07, 6.45) is 4.60. The van der Waals surface area contributed by atoms with Gasteiger partial charge >= 0.3 is 0 Å². The number of likely N-dealkylation sites (tertiary alicyclic amines) is 1. The molecule has 2 aromatic rings. The molecule has 1 aliphatic carbocycles. The molecule has 2 aromatic carbocycles. The molecule has 0 radical (unpaired) electrons. The van der Waals surface area contributed by atoms with Gasteiger partial charge in [-0.05, 0) is 17.5 Å². The molecular weight excluding hydrogens is 338 g/mol. The van der Waals surface area contributed by atoms with Crippen LogP contribution in [-0.4, -0.2) is 35.0 Å². The van der Waals surface area contributed by atoms with E-state index in [1.165, 1.54) is 4.90 Å². The Morgan fingerprint density at radius 2 is 1.19 bits per heavy atom. The molecule has 0 aromatic heterocycles. The van der Waals surface area contributed by atoms with Crippen LogP contribution in [0.5, 0.6) is 0 Å². The first-order chi connectivity index (χ1) is 13.2. The lowest BCUT2D eigenvalue weighted by atomic mass is 9.68. The van der Waals surface area contributed by atoms with Crippen LogP contribution in [-0.2, 0) is 9.59 Å². The number of rotatable bonds is 5. The monoisotopic (exact) mass is 361 g/mol. The fraction of sp³-hybridized carbons (Fsp3) is 0.304. The molecule has 2 amide bonds. The summed E-state index contributed by atoms with van der Waals surface area (Å²) in [7, 11) is 0.